The Balaban J connectivity index is 2.00. The number of rotatable bonds is 6. The van der Waals surface area contributed by atoms with E-state index in [1.165, 1.54) is 18.2 Å². The first kappa shape index (κ1) is 24.8. The Labute approximate surface area is 196 Å². The number of likely N-dealkylation sites (tertiary alicyclic amines) is 1. The maximum absolute atomic E-state index is 13.6. The molecular weight excluding hydrogens is 445 g/mol. The highest BCUT2D eigenvalue weighted by atomic mass is 19.4. The monoisotopic (exact) mass is 472 g/mol. The van der Waals surface area contributed by atoms with Gasteiger partial charge in [-0.3, -0.25) is 4.79 Å². The second kappa shape index (κ2) is 10.4. The summed E-state index contributed by atoms with van der Waals surface area (Å²) in [6, 6.07) is 3.37. The summed E-state index contributed by atoms with van der Waals surface area (Å²) in [6.45, 7) is 7.36. The van der Waals surface area contributed by atoms with Crippen molar-refractivity contribution in [2.45, 2.75) is 32.4 Å². The van der Waals surface area contributed by atoms with Gasteiger partial charge in [-0.05, 0) is 56.5 Å². The lowest BCUT2D eigenvalue weighted by atomic mass is 10.1. The molecule has 5 N–H and O–H groups in total. The van der Waals surface area contributed by atoms with E-state index in [0.29, 0.717) is 5.70 Å². The van der Waals surface area contributed by atoms with Gasteiger partial charge in [0.1, 0.15) is 5.82 Å². The molecule has 2 aromatic heterocycles. The van der Waals surface area contributed by atoms with Crippen LogP contribution in [0, 0.1) is 0 Å². The van der Waals surface area contributed by atoms with E-state index in [0.717, 1.165) is 50.3 Å². The molecule has 10 heteroatoms. The van der Waals surface area contributed by atoms with Crippen LogP contribution in [0.2, 0.25) is 0 Å². The molecule has 3 heterocycles. The van der Waals surface area contributed by atoms with Crippen molar-refractivity contribution in [3.8, 4) is 11.3 Å². The average Bonchev–Trinajstić information content (AvgIpc) is 2.81. The predicted molar refractivity (Wildman–Crippen MR) is 126 cm³/mol. The van der Waals surface area contributed by atoms with E-state index in [9.17, 15) is 18.0 Å². The van der Waals surface area contributed by atoms with Gasteiger partial charge in [0.05, 0.1) is 28.3 Å². The number of amides is 1. The molecule has 0 saturated carbocycles. The van der Waals surface area contributed by atoms with Crippen LogP contribution in [0.5, 0.6) is 0 Å². The number of allylic oxidation sites excluding steroid dienone is 3. The smallest absolute Gasteiger partial charge is 0.397 e. The van der Waals surface area contributed by atoms with Crippen LogP contribution in [-0.4, -0.2) is 33.9 Å². The van der Waals surface area contributed by atoms with E-state index in [1.54, 1.807) is 0 Å². The molecule has 180 valence electrons. The summed E-state index contributed by atoms with van der Waals surface area (Å²) >= 11 is 0. The van der Waals surface area contributed by atoms with E-state index < -0.39 is 17.6 Å². The van der Waals surface area contributed by atoms with Crippen molar-refractivity contribution in [2.75, 3.05) is 24.6 Å². The maximum Gasteiger partial charge on any atom is 0.417 e. The average molecular weight is 473 g/mol. The summed E-state index contributed by atoms with van der Waals surface area (Å²) in [6.07, 6.45) is 4.77. The standard InChI is InChI=1S/C24H27F3N6O/c1-3-8-20(33-11-6-5-7-12-33)18(4-2)32-23(34)22-17(28)9-10-19(31-22)15-14-30-21(29)13-16(15)24(25,26)27/h3-4,8-10,13-14H,2,5-7,11-12,28H2,1H3,(H2,29,30)(H,32,34)/b8-3-,20-18-. The first-order valence-corrected chi connectivity index (χ1v) is 10.8. The third-order valence-electron chi connectivity index (χ3n) is 5.40. The summed E-state index contributed by atoms with van der Waals surface area (Å²) < 4.78 is 40.7. The number of piperidine rings is 1. The molecule has 34 heavy (non-hydrogen) atoms. The van der Waals surface area contributed by atoms with Crippen molar-refractivity contribution in [1.29, 1.82) is 0 Å². The van der Waals surface area contributed by atoms with Crippen LogP contribution in [0.3, 0.4) is 0 Å². The summed E-state index contributed by atoms with van der Waals surface area (Å²) in [7, 11) is 0. The topological polar surface area (TPSA) is 110 Å². The number of nitrogens with two attached hydrogens (primary N) is 2. The molecule has 0 spiro atoms. The minimum absolute atomic E-state index is 0.0205. The van der Waals surface area contributed by atoms with Crippen molar-refractivity contribution in [2.24, 2.45) is 0 Å². The largest absolute Gasteiger partial charge is 0.417 e. The van der Waals surface area contributed by atoms with Crippen LogP contribution >= 0.6 is 0 Å². The summed E-state index contributed by atoms with van der Waals surface area (Å²) in [5.41, 5.74) is 11.1. The highest BCUT2D eigenvalue weighted by molar-refractivity contribution is 5.99. The van der Waals surface area contributed by atoms with Crippen molar-refractivity contribution in [3.63, 3.8) is 0 Å². The maximum atomic E-state index is 13.6. The second-order valence-corrected chi connectivity index (χ2v) is 7.79. The molecule has 0 radical (unpaired) electrons. The van der Waals surface area contributed by atoms with Gasteiger partial charge in [0.2, 0.25) is 0 Å². The fourth-order valence-electron chi connectivity index (χ4n) is 3.77. The Bertz CT molecular complexity index is 1130. The van der Waals surface area contributed by atoms with Gasteiger partial charge in [0.15, 0.2) is 5.69 Å². The molecule has 0 aromatic carbocycles. The fourth-order valence-corrected chi connectivity index (χ4v) is 3.77. The van der Waals surface area contributed by atoms with Crippen molar-refractivity contribution in [3.05, 3.63) is 71.9 Å². The molecule has 1 aliphatic heterocycles. The zero-order chi connectivity index (χ0) is 24.9. The SMILES string of the molecule is C=C/C(NC(=O)c1nc(-c2cnc(N)cc2C(F)(F)F)ccc1N)=C(\C=C/C)N1CCCCC1. The van der Waals surface area contributed by atoms with E-state index in [2.05, 4.69) is 26.8 Å². The molecule has 0 atom stereocenters. The molecule has 1 saturated heterocycles. The Morgan fingerprint density at radius 2 is 1.91 bits per heavy atom. The molecule has 0 aliphatic carbocycles. The van der Waals surface area contributed by atoms with Gasteiger partial charge < -0.3 is 21.7 Å². The number of hydrogen-bond acceptors (Lipinski definition) is 6. The Morgan fingerprint density at radius 3 is 2.53 bits per heavy atom. The number of alkyl halides is 3. The molecule has 2 aromatic rings. The van der Waals surface area contributed by atoms with Gasteiger partial charge in [0.25, 0.3) is 5.91 Å². The third kappa shape index (κ3) is 5.56. The minimum atomic E-state index is -4.69. The number of aromatic nitrogens is 2. The van der Waals surface area contributed by atoms with E-state index in [1.807, 2.05) is 19.1 Å². The molecule has 0 bridgehead atoms. The van der Waals surface area contributed by atoms with Crippen LogP contribution in [0.4, 0.5) is 24.7 Å². The number of halogens is 3. The van der Waals surface area contributed by atoms with Gasteiger partial charge in [0, 0.05) is 24.8 Å². The van der Waals surface area contributed by atoms with E-state index in [4.69, 9.17) is 11.5 Å². The van der Waals surface area contributed by atoms with E-state index in [-0.39, 0.29) is 28.5 Å². The molecule has 7 nitrogen and oxygen atoms in total. The van der Waals surface area contributed by atoms with Crippen LogP contribution in [0.1, 0.15) is 42.2 Å². The molecule has 1 fully saturated rings. The zero-order valence-corrected chi connectivity index (χ0v) is 18.8. The molecule has 1 amide bonds. The summed E-state index contributed by atoms with van der Waals surface area (Å²) in [4.78, 5) is 23.2. The lowest BCUT2D eigenvalue weighted by Gasteiger charge is -2.31. The Morgan fingerprint density at radius 1 is 1.21 bits per heavy atom. The fraction of sp³-hybridized carbons (Fsp3) is 0.292. The van der Waals surface area contributed by atoms with Gasteiger partial charge in [-0.15, -0.1) is 0 Å². The van der Waals surface area contributed by atoms with Crippen molar-refractivity contribution < 1.29 is 18.0 Å². The third-order valence-corrected chi connectivity index (χ3v) is 5.40. The van der Waals surface area contributed by atoms with Crippen LogP contribution in [0.15, 0.2) is 60.6 Å². The lowest BCUT2D eigenvalue weighted by Crippen LogP contribution is -2.33. The predicted octanol–water partition coefficient (Wildman–Crippen LogP) is 4.52. The zero-order valence-electron chi connectivity index (χ0n) is 18.8. The second-order valence-electron chi connectivity index (χ2n) is 7.79. The van der Waals surface area contributed by atoms with Crippen LogP contribution in [0.25, 0.3) is 11.3 Å². The summed E-state index contributed by atoms with van der Waals surface area (Å²) in [5.74, 6) is -0.940. The quantitative estimate of drug-likeness (QED) is 0.534. The number of nitrogens with zero attached hydrogens (tertiary/aromatic N) is 3. The number of anilines is 2. The number of nitrogen functional groups attached to an aromatic ring is 2. The van der Waals surface area contributed by atoms with Gasteiger partial charge >= 0.3 is 6.18 Å². The highest BCUT2D eigenvalue weighted by Crippen LogP contribution is 2.37. The lowest BCUT2D eigenvalue weighted by molar-refractivity contribution is -0.137. The molecular formula is C24H27F3N6O. The number of hydrogen-bond donors (Lipinski definition) is 3. The number of carbonyl (C=O) groups excluding carboxylic acids is 1. The van der Waals surface area contributed by atoms with Crippen LogP contribution in [-0.2, 0) is 6.18 Å². The Hall–Kier alpha value is -3.82. The van der Waals surface area contributed by atoms with Crippen molar-refractivity contribution >= 4 is 17.4 Å². The minimum Gasteiger partial charge on any atom is -0.397 e. The molecule has 1 aliphatic rings. The van der Waals surface area contributed by atoms with Crippen LogP contribution < -0.4 is 16.8 Å². The normalized spacial score (nSPS) is 15.2. The van der Waals surface area contributed by atoms with Gasteiger partial charge in [-0.1, -0.05) is 12.7 Å². The van der Waals surface area contributed by atoms with Gasteiger partial charge in [-0.25, -0.2) is 9.97 Å². The molecule has 3 rings (SSSR count). The number of nitrogens with one attached hydrogen (secondary N) is 1. The van der Waals surface area contributed by atoms with E-state index >= 15 is 0 Å². The summed E-state index contributed by atoms with van der Waals surface area (Å²) in [5, 5.41) is 2.77. The molecule has 0 unspecified atom stereocenters. The highest BCUT2D eigenvalue weighted by Gasteiger charge is 2.35. The number of carbonyl (C=O) groups is 1. The first-order valence-electron chi connectivity index (χ1n) is 10.8. The van der Waals surface area contributed by atoms with Gasteiger partial charge in [-0.2, -0.15) is 13.2 Å². The Kier molecular flexibility index (Phi) is 7.60. The number of pyridine rings is 2. The first-order chi connectivity index (χ1) is 16.2. The van der Waals surface area contributed by atoms with Crippen molar-refractivity contribution in [1.82, 2.24) is 20.2 Å².